The van der Waals surface area contributed by atoms with E-state index in [1.165, 1.54) is 24.3 Å². The average Bonchev–Trinajstić information content (AvgIpc) is 2.31. The van der Waals surface area contributed by atoms with Crippen LogP contribution in [0.1, 0.15) is 27.7 Å². The summed E-state index contributed by atoms with van der Waals surface area (Å²) in [5.74, 6) is -0.441. The van der Waals surface area contributed by atoms with Crippen molar-refractivity contribution in [2.45, 2.75) is 39.8 Å². The molecular formula is C15H18N2O2. The third-order valence-corrected chi connectivity index (χ3v) is 2.82. The number of amides is 1. The molecule has 0 radical (unpaired) electrons. The Balaban J connectivity index is 3.18. The first-order valence-electron chi connectivity index (χ1n) is 6.25. The van der Waals surface area contributed by atoms with Gasteiger partial charge in [-0.25, -0.2) is 0 Å². The largest absolute Gasteiger partial charge is 0.333 e. The maximum absolute atomic E-state index is 12.4. The van der Waals surface area contributed by atoms with Crippen molar-refractivity contribution >= 4 is 11.7 Å². The van der Waals surface area contributed by atoms with Crippen LogP contribution in [0.3, 0.4) is 0 Å². The topological polar surface area (TPSA) is 61.2 Å². The normalized spacial score (nSPS) is 13.9. The van der Waals surface area contributed by atoms with Crippen LogP contribution in [0.2, 0.25) is 0 Å². The molecule has 0 atom stereocenters. The van der Waals surface area contributed by atoms with E-state index in [0.29, 0.717) is 5.57 Å². The summed E-state index contributed by atoms with van der Waals surface area (Å²) < 4.78 is 0. The van der Waals surface area contributed by atoms with Gasteiger partial charge in [0.2, 0.25) is 0 Å². The summed E-state index contributed by atoms with van der Waals surface area (Å²) in [5, 5.41) is 9.22. The van der Waals surface area contributed by atoms with Gasteiger partial charge in [0.05, 0.1) is 0 Å². The molecule has 0 heterocycles. The summed E-state index contributed by atoms with van der Waals surface area (Å²) in [6.07, 6.45) is 5.74. The summed E-state index contributed by atoms with van der Waals surface area (Å²) in [4.78, 5) is 25.2. The predicted molar refractivity (Wildman–Crippen MR) is 73.0 cm³/mol. The fourth-order valence-corrected chi connectivity index (χ4v) is 2.05. The molecule has 0 bridgehead atoms. The highest BCUT2D eigenvalue weighted by atomic mass is 16.2. The van der Waals surface area contributed by atoms with E-state index in [1.807, 2.05) is 33.8 Å². The van der Waals surface area contributed by atoms with Crippen molar-refractivity contribution < 1.29 is 9.59 Å². The van der Waals surface area contributed by atoms with Gasteiger partial charge in [-0.05, 0) is 57.6 Å². The van der Waals surface area contributed by atoms with Crippen LogP contribution < -0.4 is 0 Å². The highest BCUT2D eigenvalue weighted by Gasteiger charge is 2.25. The molecular weight excluding hydrogens is 240 g/mol. The molecule has 0 spiro atoms. The Kier molecular flexibility index (Phi) is 4.82. The first kappa shape index (κ1) is 14.9. The molecule has 0 aromatic heterocycles. The number of hydrogen-bond donors (Lipinski definition) is 0. The highest BCUT2D eigenvalue weighted by molar-refractivity contribution is 6.04. The van der Waals surface area contributed by atoms with Gasteiger partial charge in [0, 0.05) is 12.1 Å². The molecule has 0 aromatic rings. The van der Waals surface area contributed by atoms with Crippen molar-refractivity contribution in [3.63, 3.8) is 0 Å². The molecule has 19 heavy (non-hydrogen) atoms. The number of allylic oxidation sites excluding steroid dienone is 5. The van der Waals surface area contributed by atoms with Gasteiger partial charge in [0.1, 0.15) is 11.6 Å². The minimum atomic E-state index is -0.300. The van der Waals surface area contributed by atoms with Crippen LogP contribution in [0.15, 0.2) is 35.5 Å². The zero-order valence-electron chi connectivity index (χ0n) is 11.7. The minimum absolute atomic E-state index is 0.00892. The van der Waals surface area contributed by atoms with Crippen molar-refractivity contribution in [2.24, 2.45) is 0 Å². The fraction of sp³-hybridized carbons (Fsp3) is 0.400. The van der Waals surface area contributed by atoms with Gasteiger partial charge in [-0.1, -0.05) is 0 Å². The summed E-state index contributed by atoms with van der Waals surface area (Å²) in [5.41, 5.74) is 0.556. The van der Waals surface area contributed by atoms with E-state index in [1.54, 1.807) is 4.90 Å². The monoisotopic (exact) mass is 258 g/mol. The lowest BCUT2D eigenvalue weighted by atomic mass is 10.0. The molecule has 0 fully saturated rings. The second kappa shape index (κ2) is 6.14. The lowest BCUT2D eigenvalue weighted by Gasteiger charge is -2.30. The van der Waals surface area contributed by atoms with Crippen LogP contribution >= 0.6 is 0 Å². The van der Waals surface area contributed by atoms with Gasteiger partial charge < -0.3 is 4.90 Å². The molecule has 1 rings (SSSR count). The van der Waals surface area contributed by atoms with Crippen molar-refractivity contribution in [3.8, 4) is 6.07 Å². The van der Waals surface area contributed by atoms with Gasteiger partial charge in [0.25, 0.3) is 5.91 Å². The molecule has 1 aliphatic carbocycles. The smallest absolute Gasteiger partial charge is 0.265 e. The van der Waals surface area contributed by atoms with Gasteiger partial charge in [0.15, 0.2) is 5.78 Å². The Hall–Kier alpha value is -2.15. The molecule has 0 aromatic carbocycles. The van der Waals surface area contributed by atoms with Crippen LogP contribution in [0, 0.1) is 11.3 Å². The van der Waals surface area contributed by atoms with E-state index >= 15 is 0 Å². The van der Waals surface area contributed by atoms with Crippen molar-refractivity contribution in [3.05, 3.63) is 35.5 Å². The van der Waals surface area contributed by atoms with Crippen LogP contribution in [-0.4, -0.2) is 28.7 Å². The molecule has 4 heteroatoms. The standard InChI is InChI=1S/C15H18N2O2/c1-10(2)17(11(3)4)15(19)14(9-16)12-5-7-13(18)8-6-12/h5-8,10-11H,1-4H3. The van der Waals surface area contributed by atoms with Crippen molar-refractivity contribution in [1.82, 2.24) is 4.90 Å². The average molecular weight is 258 g/mol. The Morgan fingerprint density at radius 1 is 1.11 bits per heavy atom. The van der Waals surface area contributed by atoms with Crippen molar-refractivity contribution in [2.75, 3.05) is 0 Å². The molecule has 100 valence electrons. The summed E-state index contributed by atoms with van der Waals surface area (Å²) >= 11 is 0. The first-order chi connectivity index (χ1) is 8.88. The SMILES string of the molecule is CC(C)N(C(=O)C(C#N)=C1C=CC(=O)C=C1)C(C)C. The number of carbonyl (C=O) groups is 2. The lowest BCUT2D eigenvalue weighted by molar-refractivity contribution is -0.130. The van der Waals surface area contributed by atoms with Gasteiger partial charge >= 0.3 is 0 Å². The van der Waals surface area contributed by atoms with E-state index in [4.69, 9.17) is 0 Å². The quantitative estimate of drug-likeness (QED) is 0.575. The molecule has 1 amide bonds. The van der Waals surface area contributed by atoms with Gasteiger partial charge in [-0.3, -0.25) is 9.59 Å². The fourth-order valence-electron chi connectivity index (χ4n) is 2.05. The number of carbonyl (C=O) groups excluding carboxylic acids is 2. The molecule has 0 N–H and O–H groups in total. The summed E-state index contributed by atoms with van der Waals surface area (Å²) in [7, 11) is 0. The Bertz CT molecular complexity index is 491. The summed E-state index contributed by atoms with van der Waals surface area (Å²) in [6.45, 7) is 7.64. The number of nitrogens with zero attached hydrogens (tertiary/aromatic N) is 2. The number of nitriles is 1. The predicted octanol–water partition coefficient (Wildman–Crippen LogP) is 2.15. The Labute approximate surface area is 113 Å². The highest BCUT2D eigenvalue weighted by Crippen LogP contribution is 2.17. The van der Waals surface area contributed by atoms with E-state index in [0.717, 1.165) is 0 Å². The second-order valence-corrected chi connectivity index (χ2v) is 4.91. The molecule has 0 saturated heterocycles. The molecule has 0 saturated carbocycles. The number of ketones is 1. The zero-order chi connectivity index (χ0) is 14.6. The van der Waals surface area contributed by atoms with E-state index in [-0.39, 0.29) is 29.3 Å². The Morgan fingerprint density at radius 3 is 1.95 bits per heavy atom. The van der Waals surface area contributed by atoms with Gasteiger partial charge in [-0.15, -0.1) is 0 Å². The minimum Gasteiger partial charge on any atom is -0.333 e. The zero-order valence-corrected chi connectivity index (χ0v) is 11.7. The molecule has 1 aliphatic rings. The van der Waals surface area contributed by atoms with Crippen molar-refractivity contribution in [1.29, 1.82) is 5.26 Å². The van der Waals surface area contributed by atoms with E-state index in [2.05, 4.69) is 0 Å². The van der Waals surface area contributed by atoms with Gasteiger partial charge in [-0.2, -0.15) is 5.26 Å². The molecule has 0 aliphatic heterocycles. The van der Waals surface area contributed by atoms with E-state index in [9.17, 15) is 14.9 Å². The maximum Gasteiger partial charge on any atom is 0.265 e. The van der Waals surface area contributed by atoms with Crippen LogP contribution in [0.25, 0.3) is 0 Å². The lowest BCUT2D eigenvalue weighted by Crippen LogP contribution is -2.42. The van der Waals surface area contributed by atoms with Crippen LogP contribution in [-0.2, 0) is 9.59 Å². The molecule has 4 nitrogen and oxygen atoms in total. The third-order valence-electron chi connectivity index (χ3n) is 2.82. The maximum atomic E-state index is 12.4. The number of hydrogen-bond acceptors (Lipinski definition) is 3. The third kappa shape index (κ3) is 3.41. The Morgan fingerprint density at radius 2 is 1.58 bits per heavy atom. The molecule has 0 unspecified atom stereocenters. The van der Waals surface area contributed by atoms with E-state index < -0.39 is 0 Å². The van der Waals surface area contributed by atoms with Crippen LogP contribution in [0.5, 0.6) is 0 Å². The first-order valence-corrected chi connectivity index (χ1v) is 6.25. The number of rotatable bonds is 3. The summed E-state index contributed by atoms with van der Waals surface area (Å²) in [6, 6.07) is 1.97. The van der Waals surface area contributed by atoms with Crippen LogP contribution in [0.4, 0.5) is 0 Å². The second-order valence-electron chi connectivity index (χ2n) is 4.91.